The first kappa shape index (κ1) is 13.6. The Labute approximate surface area is 120 Å². The molecule has 0 fully saturated rings. The van der Waals surface area contributed by atoms with E-state index in [1.54, 1.807) is 24.3 Å². The Balaban J connectivity index is 2.21. The largest absolute Gasteiger partial charge is 0.320 e. The van der Waals surface area contributed by atoms with Crippen molar-refractivity contribution in [2.24, 2.45) is 0 Å². The van der Waals surface area contributed by atoms with Crippen LogP contribution >= 0.6 is 22.9 Å². The monoisotopic (exact) mass is 290 g/mol. The second-order valence-electron chi connectivity index (χ2n) is 3.88. The molecule has 0 radical (unpaired) electrons. The minimum Gasteiger partial charge on any atom is -0.320 e. The van der Waals surface area contributed by atoms with Crippen molar-refractivity contribution in [2.75, 3.05) is 5.32 Å². The summed E-state index contributed by atoms with van der Waals surface area (Å²) in [6, 6.07) is 10.5. The van der Waals surface area contributed by atoms with Crippen LogP contribution in [-0.4, -0.2) is 5.91 Å². The maximum Gasteiger partial charge on any atom is 0.265 e. The Kier molecular flexibility index (Phi) is 4.20. The van der Waals surface area contributed by atoms with Crippen molar-refractivity contribution in [2.45, 2.75) is 13.3 Å². The SMILES string of the molecule is CCc1ccc(C(=O)Nc2cc(C#N)ccc2Cl)s1. The second-order valence-corrected chi connectivity index (χ2v) is 5.46. The van der Waals surface area contributed by atoms with E-state index in [9.17, 15) is 4.79 Å². The fourth-order valence-corrected chi connectivity index (χ4v) is 2.57. The molecule has 0 saturated heterocycles. The molecule has 3 nitrogen and oxygen atoms in total. The Morgan fingerprint density at radius 2 is 2.21 bits per heavy atom. The van der Waals surface area contributed by atoms with Crippen LogP contribution in [0.3, 0.4) is 0 Å². The molecule has 19 heavy (non-hydrogen) atoms. The lowest BCUT2D eigenvalue weighted by Gasteiger charge is -2.06. The van der Waals surface area contributed by atoms with Gasteiger partial charge >= 0.3 is 0 Å². The highest BCUT2D eigenvalue weighted by Gasteiger charge is 2.11. The summed E-state index contributed by atoms with van der Waals surface area (Å²) in [5, 5.41) is 12.0. The maximum absolute atomic E-state index is 12.1. The van der Waals surface area contributed by atoms with Gasteiger partial charge in [0.1, 0.15) is 0 Å². The molecule has 0 atom stereocenters. The molecule has 0 aliphatic rings. The van der Waals surface area contributed by atoms with Crippen LogP contribution in [0.1, 0.15) is 27.0 Å². The van der Waals surface area contributed by atoms with E-state index < -0.39 is 0 Å². The van der Waals surface area contributed by atoms with Gasteiger partial charge in [0.05, 0.1) is 27.2 Å². The van der Waals surface area contributed by atoms with Crippen molar-refractivity contribution in [3.8, 4) is 6.07 Å². The zero-order valence-corrected chi connectivity index (χ0v) is 11.8. The van der Waals surface area contributed by atoms with Crippen molar-refractivity contribution in [1.29, 1.82) is 5.26 Å². The fourth-order valence-electron chi connectivity index (χ4n) is 1.56. The van der Waals surface area contributed by atoms with Gasteiger partial charge in [-0.1, -0.05) is 18.5 Å². The quantitative estimate of drug-likeness (QED) is 0.925. The van der Waals surface area contributed by atoms with E-state index in [2.05, 4.69) is 5.32 Å². The number of carbonyl (C=O) groups excluding carboxylic acids is 1. The number of hydrogen-bond acceptors (Lipinski definition) is 3. The molecule has 2 rings (SSSR count). The van der Waals surface area contributed by atoms with Gasteiger partial charge in [0.15, 0.2) is 0 Å². The van der Waals surface area contributed by atoms with Gasteiger partial charge in [-0.3, -0.25) is 4.79 Å². The van der Waals surface area contributed by atoms with E-state index in [0.29, 0.717) is 21.2 Å². The number of benzene rings is 1. The molecule has 0 saturated carbocycles. The first-order valence-electron chi connectivity index (χ1n) is 5.73. The average Bonchev–Trinajstić information content (AvgIpc) is 2.90. The first-order chi connectivity index (χ1) is 9.13. The second kappa shape index (κ2) is 5.87. The number of nitrogens with one attached hydrogen (secondary N) is 1. The van der Waals surface area contributed by atoms with Crippen LogP contribution in [0.5, 0.6) is 0 Å². The van der Waals surface area contributed by atoms with Crippen LogP contribution in [0.25, 0.3) is 0 Å². The summed E-state index contributed by atoms with van der Waals surface area (Å²) in [6.07, 6.45) is 0.905. The summed E-state index contributed by atoms with van der Waals surface area (Å²) in [6.45, 7) is 2.04. The van der Waals surface area contributed by atoms with Crippen LogP contribution in [-0.2, 0) is 6.42 Å². The van der Waals surface area contributed by atoms with Gasteiger partial charge in [0.25, 0.3) is 5.91 Å². The molecule has 5 heteroatoms. The van der Waals surface area contributed by atoms with Gasteiger partial charge in [-0.15, -0.1) is 11.3 Å². The molecular weight excluding hydrogens is 280 g/mol. The minimum absolute atomic E-state index is 0.207. The van der Waals surface area contributed by atoms with Gasteiger partial charge in [-0.05, 0) is 36.8 Å². The normalized spacial score (nSPS) is 9.95. The van der Waals surface area contributed by atoms with Crippen molar-refractivity contribution in [3.63, 3.8) is 0 Å². The summed E-state index contributed by atoms with van der Waals surface area (Å²) >= 11 is 7.45. The number of amides is 1. The maximum atomic E-state index is 12.1. The molecule has 1 aromatic heterocycles. The predicted molar refractivity (Wildman–Crippen MR) is 77.8 cm³/mol. The number of nitrogens with zero attached hydrogens (tertiary/aromatic N) is 1. The van der Waals surface area contributed by atoms with Crippen LogP contribution in [0.4, 0.5) is 5.69 Å². The molecule has 1 N–H and O–H groups in total. The Bertz CT molecular complexity index is 658. The molecule has 0 aliphatic carbocycles. The molecule has 1 heterocycles. The zero-order valence-electron chi connectivity index (χ0n) is 10.2. The van der Waals surface area contributed by atoms with Crippen molar-refractivity contribution < 1.29 is 4.79 Å². The van der Waals surface area contributed by atoms with Crippen molar-refractivity contribution in [1.82, 2.24) is 0 Å². The number of anilines is 1. The Morgan fingerprint density at radius 1 is 1.42 bits per heavy atom. The number of nitriles is 1. The minimum atomic E-state index is -0.207. The third-order valence-corrected chi connectivity index (χ3v) is 4.14. The van der Waals surface area contributed by atoms with E-state index in [1.165, 1.54) is 11.3 Å². The summed E-state index contributed by atoms with van der Waals surface area (Å²) in [7, 11) is 0. The standard InChI is InChI=1S/C14H11ClN2OS/c1-2-10-4-6-13(19-10)14(18)17-12-7-9(8-16)3-5-11(12)15/h3-7H,2H2,1H3,(H,17,18). The van der Waals surface area contributed by atoms with Crippen molar-refractivity contribution in [3.05, 3.63) is 50.7 Å². The zero-order chi connectivity index (χ0) is 13.8. The van der Waals surface area contributed by atoms with Crippen molar-refractivity contribution >= 4 is 34.5 Å². The molecule has 1 amide bonds. The number of halogens is 1. The molecule has 2 aromatic rings. The third-order valence-electron chi connectivity index (χ3n) is 2.58. The summed E-state index contributed by atoms with van der Waals surface area (Å²) in [5.74, 6) is -0.207. The fraction of sp³-hybridized carbons (Fsp3) is 0.143. The molecular formula is C14H11ClN2OS. The van der Waals surface area contributed by atoms with Gasteiger partial charge in [0.2, 0.25) is 0 Å². The highest BCUT2D eigenvalue weighted by Crippen LogP contribution is 2.25. The number of aryl methyl sites for hydroxylation is 1. The number of hydrogen-bond donors (Lipinski definition) is 1. The summed E-state index contributed by atoms with van der Waals surface area (Å²) in [5.41, 5.74) is 0.914. The van der Waals surface area contributed by atoms with Crippen LogP contribution in [0.2, 0.25) is 5.02 Å². The number of carbonyl (C=O) groups is 1. The van der Waals surface area contributed by atoms with Gasteiger partial charge in [-0.25, -0.2) is 0 Å². The van der Waals surface area contributed by atoms with E-state index in [1.807, 2.05) is 19.1 Å². The van der Waals surface area contributed by atoms with Gasteiger partial charge in [0, 0.05) is 4.88 Å². The lowest BCUT2D eigenvalue weighted by atomic mass is 10.2. The first-order valence-corrected chi connectivity index (χ1v) is 6.93. The smallest absolute Gasteiger partial charge is 0.265 e. The Morgan fingerprint density at radius 3 is 2.84 bits per heavy atom. The molecule has 0 spiro atoms. The summed E-state index contributed by atoms with van der Waals surface area (Å²) < 4.78 is 0. The Hall–Kier alpha value is -1.83. The molecule has 96 valence electrons. The molecule has 0 aliphatic heterocycles. The number of thiophene rings is 1. The molecule has 1 aromatic carbocycles. The third kappa shape index (κ3) is 3.14. The van der Waals surface area contributed by atoms with Crippen LogP contribution in [0.15, 0.2) is 30.3 Å². The van der Waals surface area contributed by atoms with E-state index in [4.69, 9.17) is 16.9 Å². The highest BCUT2D eigenvalue weighted by molar-refractivity contribution is 7.14. The topological polar surface area (TPSA) is 52.9 Å². The van der Waals surface area contributed by atoms with E-state index in [0.717, 1.165) is 11.3 Å². The lowest BCUT2D eigenvalue weighted by molar-refractivity contribution is 0.103. The average molecular weight is 291 g/mol. The molecule has 0 bridgehead atoms. The van der Waals surface area contributed by atoms with Gasteiger partial charge < -0.3 is 5.32 Å². The predicted octanol–water partition coefficient (Wildman–Crippen LogP) is 4.09. The van der Waals surface area contributed by atoms with E-state index >= 15 is 0 Å². The van der Waals surface area contributed by atoms with Gasteiger partial charge in [-0.2, -0.15) is 5.26 Å². The molecule has 0 unspecified atom stereocenters. The number of rotatable bonds is 3. The van der Waals surface area contributed by atoms with Crippen LogP contribution < -0.4 is 5.32 Å². The summed E-state index contributed by atoms with van der Waals surface area (Å²) in [4.78, 5) is 13.8. The highest BCUT2D eigenvalue weighted by atomic mass is 35.5. The van der Waals surface area contributed by atoms with Crippen LogP contribution in [0, 0.1) is 11.3 Å². The lowest BCUT2D eigenvalue weighted by Crippen LogP contribution is -2.10. The van der Waals surface area contributed by atoms with E-state index in [-0.39, 0.29) is 5.91 Å².